The molecule has 3 nitrogen and oxygen atoms in total. The number of ether oxygens (including phenoxy) is 1. The first-order valence-corrected chi connectivity index (χ1v) is 4.58. The SMILES string of the molecule is CCc1cnc(C(C)C)nc1OC. The zero-order valence-electron chi connectivity index (χ0n) is 8.66. The molecule has 1 rings (SSSR count). The van der Waals surface area contributed by atoms with Gasteiger partial charge >= 0.3 is 0 Å². The lowest BCUT2D eigenvalue weighted by Crippen LogP contribution is -2.02. The van der Waals surface area contributed by atoms with Crippen molar-refractivity contribution in [2.24, 2.45) is 0 Å². The van der Waals surface area contributed by atoms with Gasteiger partial charge in [-0.1, -0.05) is 20.8 Å². The van der Waals surface area contributed by atoms with Crippen LogP contribution in [0.15, 0.2) is 6.20 Å². The maximum absolute atomic E-state index is 5.18. The van der Waals surface area contributed by atoms with Crippen molar-refractivity contribution < 1.29 is 4.74 Å². The summed E-state index contributed by atoms with van der Waals surface area (Å²) in [7, 11) is 1.64. The van der Waals surface area contributed by atoms with E-state index in [1.165, 1.54) is 0 Å². The normalized spacial score (nSPS) is 10.5. The Kier molecular flexibility index (Phi) is 3.23. The molecular formula is C10H16N2O. The summed E-state index contributed by atoms with van der Waals surface area (Å²) in [6, 6.07) is 0. The van der Waals surface area contributed by atoms with E-state index in [9.17, 15) is 0 Å². The number of rotatable bonds is 3. The molecule has 72 valence electrons. The molecule has 0 fully saturated rings. The Balaban J connectivity index is 3.05. The van der Waals surface area contributed by atoms with Crippen LogP contribution >= 0.6 is 0 Å². The Morgan fingerprint density at radius 1 is 1.46 bits per heavy atom. The predicted octanol–water partition coefficient (Wildman–Crippen LogP) is 2.17. The molecule has 0 bridgehead atoms. The quantitative estimate of drug-likeness (QED) is 0.715. The van der Waals surface area contributed by atoms with Crippen LogP contribution in [0.2, 0.25) is 0 Å². The van der Waals surface area contributed by atoms with E-state index in [4.69, 9.17) is 4.74 Å². The molecule has 0 saturated carbocycles. The molecule has 0 amide bonds. The highest BCUT2D eigenvalue weighted by Crippen LogP contribution is 2.17. The van der Waals surface area contributed by atoms with Crippen LogP contribution in [0.3, 0.4) is 0 Å². The fourth-order valence-corrected chi connectivity index (χ4v) is 1.10. The fraction of sp³-hybridized carbons (Fsp3) is 0.600. The van der Waals surface area contributed by atoms with Gasteiger partial charge in [-0.25, -0.2) is 4.98 Å². The summed E-state index contributed by atoms with van der Waals surface area (Å²) in [5.41, 5.74) is 1.06. The summed E-state index contributed by atoms with van der Waals surface area (Å²) >= 11 is 0. The van der Waals surface area contributed by atoms with Gasteiger partial charge in [-0.2, -0.15) is 4.98 Å². The third kappa shape index (κ3) is 2.17. The molecule has 0 aliphatic rings. The summed E-state index contributed by atoms with van der Waals surface area (Å²) in [6.07, 6.45) is 2.75. The van der Waals surface area contributed by atoms with Crippen molar-refractivity contribution in [3.05, 3.63) is 17.6 Å². The van der Waals surface area contributed by atoms with Gasteiger partial charge < -0.3 is 4.74 Å². The third-order valence-corrected chi connectivity index (χ3v) is 1.93. The Morgan fingerprint density at radius 2 is 2.15 bits per heavy atom. The molecule has 1 aromatic rings. The Labute approximate surface area is 79.2 Å². The van der Waals surface area contributed by atoms with E-state index in [2.05, 4.69) is 30.7 Å². The third-order valence-electron chi connectivity index (χ3n) is 1.93. The molecule has 0 N–H and O–H groups in total. The van der Waals surface area contributed by atoms with Crippen LogP contribution in [0, 0.1) is 0 Å². The maximum Gasteiger partial charge on any atom is 0.219 e. The average Bonchev–Trinajstić information content (AvgIpc) is 2.16. The molecule has 0 saturated heterocycles. The number of hydrogen-bond donors (Lipinski definition) is 0. The van der Waals surface area contributed by atoms with E-state index in [-0.39, 0.29) is 0 Å². The van der Waals surface area contributed by atoms with Crippen molar-refractivity contribution in [1.82, 2.24) is 9.97 Å². The topological polar surface area (TPSA) is 35.0 Å². The summed E-state index contributed by atoms with van der Waals surface area (Å²) in [5.74, 6) is 1.90. The molecule has 0 aliphatic heterocycles. The smallest absolute Gasteiger partial charge is 0.219 e. The number of methoxy groups -OCH3 is 1. The van der Waals surface area contributed by atoms with Gasteiger partial charge in [-0.3, -0.25) is 0 Å². The van der Waals surface area contributed by atoms with E-state index >= 15 is 0 Å². The Hall–Kier alpha value is -1.12. The van der Waals surface area contributed by atoms with E-state index in [0.29, 0.717) is 11.8 Å². The minimum Gasteiger partial charge on any atom is -0.481 e. The molecule has 0 aliphatic carbocycles. The van der Waals surface area contributed by atoms with E-state index in [0.717, 1.165) is 17.8 Å². The minimum absolute atomic E-state index is 0.347. The fourth-order valence-electron chi connectivity index (χ4n) is 1.10. The number of aromatic nitrogens is 2. The highest BCUT2D eigenvalue weighted by atomic mass is 16.5. The highest BCUT2D eigenvalue weighted by Gasteiger charge is 2.07. The first-order chi connectivity index (χ1) is 6.19. The van der Waals surface area contributed by atoms with Crippen molar-refractivity contribution in [1.29, 1.82) is 0 Å². The van der Waals surface area contributed by atoms with Crippen LogP contribution in [0.1, 0.15) is 38.1 Å². The van der Waals surface area contributed by atoms with Crippen LogP contribution < -0.4 is 4.74 Å². The second-order valence-electron chi connectivity index (χ2n) is 3.27. The van der Waals surface area contributed by atoms with Crippen LogP contribution in [0.5, 0.6) is 5.88 Å². The van der Waals surface area contributed by atoms with Crippen LogP contribution in [0.4, 0.5) is 0 Å². The number of aryl methyl sites for hydroxylation is 1. The predicted molar refractivity (Wildman–Crippen MR) is 52.1 cm³/mol. The lowest BCUT2D eigenvalue weighted by atomic mass is 10.2. The minimum atomic E-state index is 0.347. The van der Waals surface area contributed by atoms with Gasteiger partial charge in [0, 0.05) is 17.7 Å². The van der Waals surface area contributed by atoms with Gasteiger partial charge in [0.1, 0.15) is 5.82 Å². The molecule has 0 atom stereocenters. The molecule has 0 spiro atoms. The van der Waals surface area contributed by atoms with Gasteiger partial charge in [0.2, 0.25) is 5.88 Å². The molecule has 0 aromatic carbocycles. The van der Waals surface area contributed by atoms with Gasteiger partial charge in [-0.15, -0.1) is 0 Å². The van der Waals surface area contributed by atoms with Crippen molar-refractivity contribution >= 4 is 0 Å². The van der Waals surface area contributed by atoms with E-state index < -0.39 is 0 Å². The molecule has 1 aromatic heterocycles. The molecule has 13 heavy (non-hydrogen) atoms. The van der Waals surface area contributed by atoms with Gasteiger partial charge in [0.05, 0.1) is 7.11 Å². The summed E-state index contributed by atoms with van der Waals surface area (Å²) in [6.45, 7) is 6.21. The van der Waals surface area contributed by atoms with Gasteiger partial charge in [-0.05, 0) is 6.42 Å². The first-order valence-electron chi connectivity index (χ1n) is 4.58. The van der Waals surface area contributed by atoms with Gasteiger partial charge in [0.15, 0.2) is 0 Å². The van der Waals surface area contributed by atoms with Crippen molar-refractivity contribution in [3.63, 3.8) is 0 Å². The van der Waals surface area contributed by atoms with Crippen LogP contribution in [-0.2, 0) is 6.42 Å². The zero-order valence-corrected chi connectivity index (χ0v) is 8.66. The van der Waals surface area contributed by atoms with Gasteiger partial charge in [0.25, 0.3) is 0 Å². The Morgan fingerprint density at radius 3 is 2.62 bits per heavy atom. The lowest BCUT2D eigenvalue weighted by Gasteiger charge is -2.08. The lowest BCUT2D eigenvalue weighted by molar-refractivity contribution is 0.388. The zero-order chi connectivity index (χ0) is 9.84. The summed E-state index contributed by atoms with van der Waals surface area (Å²) in [4.78, 5) is 8.59. The van der Waals surface area contributed by atoms with Crippen LogP contribution in [0.25, 0.3) is 0 Å². The Bertz CT molecular complexity index is 284. The monoisotopic (exact) mass is 180 g/mol. The summed E-state index contributed by atoms with van der Waals surface area (Å²) < 4.78 is 5.18. The largest absolute Gasteiger partial charge is 0.481 e. The first kappa shape index (κ1) is 9.96. The second kappa shape index (κ2) is 4.21. The summed E-state index contributed by atoms with van der Waals surface area (Å²) in [5, 5.41) is 0. The molecule has 0 unspecified atom stereocenters. The average molecular weight is 180 g/mol. The number of nitrogens with zero attached hydrogens (tertiary/aromatic N) is 2. The standard InChI is InChI=1S/C10H16N2O/c1-5-8-6-11-9(7(2)3)12-10(8)13-4/h6-7H,5H2,1-4H3. The van der Waals surface area contributed by atoms with Crippen molar-refractivity contribution in [2.45, 2.75) is 33.1 Å². The highest BCUT2D eigenvalue weighted by molar-refractivity contribution is 5.24. The molecular weight excluding hydrogens is 164 g/mol. The maximum atomic E-state index is 5.18. The van der Waals surface area contributed by atoms with E-state index in [1.807, 2.05) is 6.20 Å². The van der Waals surface area contributed by atoms with Crippen molar-refractivity contribution in [2.75, 3.05) is 7.11 Å². The number of hydrogen-bond acceptors (Lipinski definition) is 3. The second-order valence-corrected chi connectivity index (χ2v) is 3.27. The van der Waals surface area contributed by atoms with Crippen molar-refractivity contribution in [3.8, 4) is 5.88 Å². The molecule has 1 heterocycles. The van der Waals surface area contributed by atoms with Crippen LogP contribution in [-0.4, -0.2) is 17.1 Å². The van der Waals surface area contributed by atoms with E-state index in [1.54, 1.807) is 7.11 Å². The molecule has 0 radical (unpaired) electrons. The molecule has 3 heteroatoms.